The summed E-state index contributed by atoms with van der Waals surface area (Å²) in [5.74, 6) is 0. The third-order valence-electron chi connectivity index (χ3n) is 2.82. The topological polar surface area (TPSA) is 42.7 Å². The van der Waals surface area contributed by atoms with Crippen LogP contribution in [0.4, 0.5) is 0 Å². The van der Waals surface area contributed by atoms with Crippen LogP contribution in [-0.2, 0) is 7.05 Å². The maximum absolute atomic E-state index is 4.24. The van der Waals surface area contributed by atoms with Gasteiger partial charge in [0.1, 0.15) is 6.33 Å². The van der Waals surface area contributed by atoms with Crippen molar-refractivity contribution in [2.45, 2.75) is 42.6 Å². The summed E-state index contributed by atoms with van der Waals surface area (Å²) in [6.45, 7) is 3.25. The summed E-state index contributed by atoms with van der Waals surface area (Å²) in [6, 6.07) is 0.709. The molecule has 2 rings (SSSR count). The molecule has 84 valence electrons. The Morgan fingerprint density at radius 2 is 2.47 bits per heavy atom. The molecule has 0 aromatic carbocycles. The Balaban J connectivity index is 1.85. The zero-order valence-corrected chi connectivity index (χ0v) is 10.1. The number of nitrogens with one attached hydrogen (secondary N) is 1. The van der Waals surface area contributed by atoms with Gasteiger partial charge in [-0.3, -0.25) is 0 Å². The molecule has 0 spiro atoms. The van der Waals surface area contributed by atoms with E-state index in [0.29, 0.717) is 11.3 Å². The molecule has 15 heavy (non-hydrogen) atoms. The van der Waals surface area contributed by atoms with E-state index in [1.54, 1.807) is 6.33 Å². The predicted molar refractivity (Wildman–Crippen MR) is 62.0 cm³/mol. The first kappa shape index (κ1) is 11.0. The molecule has 0 bridgehead atoms. The zero-order valence-electron chi connectivity index (χ0n) is 9.31. The number of thioether (sulfide) groups is 1. The number of hydrogen-bond acceptors (Lipinski definition) is 4. The average Bonchev–Trinajstić information content (AvgIpc) is 2.79. The van der Waals surface area contributed by atoms with E-state index in [2.05, 4.69) is 22.3 Å². The van der Waals surface area contributed by atoms with Gasteiger partial charge in [0.15, 0.2) is 5.16 Å². The molecule has 1 heterocycles. The minimum atomic E-state index is 0.706. The molecule has 4 nitrogen and oxygen atoms in total. The van der Waals surface area contributed by atoms with Crippen LogP contribution < -0.4 is 5.32 Å². The Morgan fingerprint density at radius 3 is 3.13 bits per heavy atom. The molecule has 2 unspecified atom stereocenters. The molecular formula is C10H18N4S. The lowest BCUT2D eigenvalue weighted by atomic mass is 10.2. The summed E-state index contributed by atoms with van der Waals surface area (Å²) in [5, 5.41) is 9.34. The van der Waals surface area contributed by atoms with E-state index in [9.17, 15) is 0 Å². The molecule has 1 fully saturated rings. The molecule has 1 aliphatic rings. The van der Waals surface area contributed by atoms with Gasteiger partial charge < -0.3 is 5.32 Å². The maximum atomic E-state index is 4.24. The van der Waals surface area contributed by atoms with Gasteiger partial charge in [-0.2, -0.15) is 5.10 Å². The number of aryl methyl sites for hydroxylation is 1. The van der Waals surface area contributed by atoms with Gasteiger partial charge in [0.05, 0.1) is 0 Å². The minimum absolute atomic E-state index is 0.706. The van der Waals surface area contributed by atoms with Crippen LogP contribution in [-0.4, -0.2) is 32.6 Å². The SMILES string of the molecule is CCNC1CCC(Sc2ncnn2C)C1. The van der Waals surface area contributed by atoms with Crippen LogP contribution in [0.1, 0.15) is 26.2 Å². The summed E-state index contributed by atoms with van der Waals surface area (Å²) in [5.41, 5.74) is 0. The Bertz CT molecular complexity index is 312. The zero-order chi connectivity index (χ0) is 10.7. The van der Waals surface area contributed by atoms with Crippen molar-refractivity contribution >= 4 is 11.8 Å². The third-order valence-corrected chi connectivity index (χ3v) is 4.16. The fourth-order valence-corrected chi connectivity index (χ4v) is 3.25. The fourth-order valence-electron chi connectivity index (χ4n) is 2.06. The van der Waals surface area contributed by atoms with Crippen molar-refractivity contribution in [3.8, 4) is 0 Å². The fraction of sp³-hybridized carbons (Fsp3) is 0.800. The molecule has 1 aliphatic carbocycles. The van der Waals surface area contributed by atoms with Crippen molar-refractivity contribution in [2.24, 2.45) is 7.05 Å². The first-order valence-corrected chi connectivity index (χ1v) is 6.41. The standard InChI is InChI=1S/C10H18N4S/c1-3-11-8-4-5-9(6-8)15-10-12-7-13-14(10)2/h7-9,11H,3-6H2,1-2H3. The van der Waals surface area contributed by atoms with E-state index in [1.807, 2.05) is 23.5 Å². The number of aromatic nitrogens is 3. The van der Waals surface area contributed by atoms with E-state index in [-0.39, 0.29) is 0 Å². The summed E-state index contributed by atoms with van der Waals surface area (Å²) in [6.07, 6.45) is 5.46. The summed E-state index contributed by atoms with van der Waals surface area (Å²) in [4.78, 5) is 4.24. The second-order valence-electron chi connectivity index (χ2n) is 3.97. The number of rotatable bonds is 4. The van der Waals surface area contributed by atoms with E-state index >= 15 is 0 Å². The summed E-state index contributed by atoms with van der Waals surface area (Å²) < 4.78 is 1.85. The van der Waals surface area contributed by atoms with Crippen molar-refractivity contribution < 1.29 is 0 Å². The van der Waals surface area contributed by atoms with Crippen LogP contribution in [0.3, 0.4) is 0 Å². The molecule has 0 aliphatic heterocycles. The molecule has 1 aromatic rings. The van der Waals surface area contributed by atoms with Gasteiger partial charge in [0.2, 0.25) is 0 Å². The molecule has 2 atom stereocenters. The summed E-state index contributed by atoms with van der Waals surface area (Å²) >= 11 is 1.86. The largest absolute Gasteiger partial charge is 0.314 e. The van der Waals surface area contributed by atoms with Crippen LogP contribution in [0, 0.1) is 0 Å². The van der Waals surface area contributed by atoms with Gasteiger partial charge in [-0.1, -0.05) is 18.7 Å². The van der Waals surface area contributed by atoms with Crippen LogP contribution in [0.2, 0.25) is 0 Å². The van der Waals surface area contributed by atoms with E-state index in [0.717, 1.165) is 11.7 Å². The molecule has 0 radical (unpaired) electrons. The van der Waals surface area contributed by atoms with E-state index < -0.39 is 0 Å². The summed E-state index contributed by atoms with van der Waals surface area (Å²) in [7, 11) is 1.95. The minimum Gasteiger partial charge on any atom is -0.314 e. The monoisotopic (exact) mass is 226 g/mol. The Kier molecular flexibility index (Phi) is 3.64. The van der Waals surface area contributed by atoms with Gasteiger partial charge in [-0.05, 0) is 25.8 Å². The molecule has 1 saturated carbocycles. The van der Waals surface area contributed by atoms with Crippen molar-refractivity contribution in [3.63, 3.8) is 0 Å². The second-order valence-corrected chi connectivity index (χ2v) is 5.24. The average molecular weight is 226 g/mol. The van der Waals surface area contributed by atoms with Crippen LogP contribution in [0.5, 0.6) is 0 Å². The molecular weight excluding hydrogens is 208 g/mol. The van der Waals surface area contributed by atoms with Crippen LogP contribution >= 0.6 is 11.8 Å². The molecule has 0 saturated heterocycles. The van der Waals surface area contributed by atoms with Gasteiger partial charge in [0.25, 0.3) is 0 Å². The third kappa shape index (κ3) is 2.72. The number of nitrogens with zero attached hydrogens (tertiary/aromatic N) is 3. The van der Waals surface area contributed by atoms with Gasteiger partial charge in [-0.25, -0.2) is 9.67 Å². The highest BCUT2D eigenvalue weighted by molar-refractivity contribution is 7.99. The Labute approximate surface area is 94.8 Å². The highest BCUT2D eigenvalue weighted by Crippen LogP contribution is 2.33. The van der Waals surface area contributed by atoms with Crippen molar-refractivity contribution in [2.75, 3.05) is 6.54 Å². The quantitative estimate of drug-likeness (QED) is 0.843. The number of hydrogen-bond donors (Lipinski definition) is 1. The molecule has 0 amide bonds. The normalized spacial score (nSPS) is 26.0. The van der Waals surface area contributed by atoms with Crippen LogP contribution in [0.15, 0.2) is 11.5 Å². The predicted octanol–water partition coefficient (Wildman–Crippen LogP) is 1.44. The molecule has 1 aromatic heterocycles. The van der Waals surface area contributed by atoms with E-state index in [1.165, 1.54) is 19.3 Å². The van der Waals surface area contributed by atoms with Gasteiger partial charge >= 0.3 is 0 Å². The molecule has 1 N–H and O–H groups in total. The highest BCUT2D eigenvalue weighted by Gasteiger charge is 2.25. The Morgan fingerprint density at radius 1 is 1.60 bits per heavy atom. The highest BCUT2D eigenvalue weighted by atomic mass is 32.2. The first-order chi connectivity index (χ1) is 7.29. The smallest absolute Gasteiger partial charge is 0.186 e. The van der Waals surface area contributed by atoms with Crippen molar-refractivity contribution in [1.29, 1.82) is 0 Å². The van der Waals surface area contributed by atoms with Gasteiger partial charge in [-0.15, -0.1) is 0 Å². The lowest BCUT2D eigenvalue weighted by Crippen LogP contribution is -2.26. The lowest BCUT2D eigenvalue weighted by molar-refractivity contribution is 0.543. The van der Waals surface area contributed by atoms with Crippen molar-refractivity contribution in [1.82, 2.24) is 20.1 Å². The lowest BCUT2D eigenvalue weighted by Gasteiger charge is -2.10. The van der Waals surface area contributed by atoms with Crippen LogP contribution in [0.25, 0.3) is 0 Å². The first-order valence-electron chi connectivity index (χ1n) is 5.53. The van der Waals surface area contributed by atoms with Gasteiger partial charge in [0, 0.05) is 18.3 Å². The maximum Gasteiger partial charge on any atom is 0.186 e. The Hall–Kier alpha value is -0.550. The molecule has 5 heteroatoms. The van der Waals surface area contributed by atoms with Crippen molar-refractivity contribution in [3.05, 3.63) is 6.33 Å². The second kappa shape index (κ2) is 4.99. The van der Waals surface area contributed by atoms with E-state index in [4.69, 9.17) is 0 Å².